The fourth-order valence-electron chi connectivity index (χ4n) is 3.77. The highest BCUT2D eigenvalue weighted by molar-refractivity contribution is 6.08. The first kappa shape index (κ1) is 22.4. The van der Waals surface area contributed by atoms with Crippen LogP contribution in [0.5, 0.6) is 0 Å². The molecular weight excluding hydrogens is 420 g/mol. The van der Waals surface area contributed by atoms with Gasteiger partial charge in [-0.15, -0.1) is 0 Å². The molecule has 0 spiro atoms. The molecule has 9 heteroatoms. The number of primary amides is 1. The zero-order chi connectivity index (χ0) is 23.6. The van der Waals surface area contributed by atoms with Gasteiger partial charge in [-0.1, -0.05) is 38.1 Å². The van der Waals surface area contributed by atoms with Gasteiger partial charge < -0.3 is 20.5 Å². The SMILES string of the molecule is CC(C)(C)c1noc(-c2ccccc2C(=O)Nc2ccc(N3CCCC(C(N)=O)C3)nc2)n1. The van der Waals surface area contributed by atoms with Crippen LogP contribution in [0.4, 0.5) is 11.5 Å². The van der Waals surface area contributed by atoms with Gasteiger partial charge in [-0.3, -0.25) is 9.59 Å². The lowest BCUT2D eigenvalue weighted by molar-refractivity contribution is -0.122. The Kier molecular flexibility index (Phi) is 6.13. The van der Waals surface area contributed by atoms with Gasteiger partial charge in [-0.25, -0.2) is 4.98 Å². The smallest absolute Gasteiger partial charge is 0.258 e. The first-order chi connectivity index (χ1) is 15.7. The second kappa shape index (κ2) is 9.01. The van der Waals surface area contributed by atoms with E-state index in [4.69, 9.17) is 10.3 Å². The van der Waals surface area contributed by atoms with Crippen LogP contribution in [0.25, 0.3) is 11.5 Å². The molecule has 1 aliphatic heterocycles. The molecule has 0 radical (unpaired) electrons. The topological polar surface area (TPSA) is 127 Å². The number of nitrogens with one attached hydrogen (secondary N) is 1. The Hall–Kier alpha value is -3.75. The third-order valence-electron chi connectivity index (χ3n) is 5.65. The third-order valence-corrected chi connectivity index (χ3v) is 5.65. The van der Waals surface area contributed by atoms with Crippen LogP contribution in [0, 0.1) is 5.92 Å². The van der Waals surface area contributed by atoms with Crippen molar-refractivity contribution in [3.63, 3.8) is 0 Å². The highest BCUT2D eigenvalue weighted by Crippen LogP contribution is 2.27. The lowest BCUT2D eigenvalue weighted by Crippen LogP contribution is -2.41. The summed E-state index contributed by atoms with van der Waals surface area (Å²) in [5.74, 6) is 0.873. The predicted octanol–water partition coefficient (Wildman–Crippen LogP) is 3.38. The Morgan fingerprint density at radius 1 is 1.18 bits per heavy atom. The van der Waals surface area contributed by atoms with E-state index in [0.717, 1.165) is 25.2 Å². The van der Waals surface area contributed by atoms with Crippen molar-refractivity contribution in [1.29, 1.82) is 0 Å². The summed E-state index contributed by atoms with van der Waals surface area (Å²) in [7, 11) is 0. The molecule has 3 N–H and O–H groups in total. The highest BCUT2D eigenvalue weighted by Gasteiger charge is 2.25. The summed E-state index contributed by atoms with van der Waals surface area (Å²) in [5, 5.41) is 6.94. The van der Waals surface area contributed by atoms with Gasteiger partial charge >= 0.3 is 0 Å². The first-order valence-corrected chi connectivity index (χ1v) is 11.0. The van der Waals surface area contributed by atoms with E-state index < -0.39 is 0 Å². The number of amides is 2. The second-order valence-electron chi connectivity index (χ2n) is 9.27. The number of hydrogen-bond donors (Lipinski definition) is 2. The summed E-state index contributed by atoms with van der Waals surface area (Å²) < 4.78 is 5.43. The number of carbonyl (C=O) groups is 2. The molecule has 3 aromatic rings. The monoisotopic (exact) mass is 448 g/mol. The summed E-state index contributed by atoms with van der Waals surface area (Å²) in [5.41, 5.74) is 6.75. The summed E-state index contributed by atoms with van der Waals surface area (Å²) in [6.07, 6.45) is 3.29. The average Bonchev–Trinajstić information content (AvgIpc) is 3.30. The minimum Gasteiger partial charge on any atom is -0.369 e. The molecule has 1 atom stereocenters. The molecule has 1 fully saturated rings. The zero-order valence-electron chi connectivity index (χ0n) is 19.0. The van der Waals surface area contributed by atoms with Crippen molar-refractivity contribution < 1.29 is 14.1 Å². The molecule has 0 saturated carbocycles. The standard InChI is InChI=1S/C24H28N6O3/c1-24(2,3)23-28-22(33-29-23)18-9-5-4-8-17(18)21(32)27-16-10-11-19(26-13-16)30-12-6-7-15(14-30)20(25)31/h4-5,8-11,13,15H,6-7,12,14H2,1-3H3,(H2,25,31)(H,27,32). The maximum Gasteiger partial charge on any atom is 0.258 e. The summed E-state index contributed by atoms with van der Waals surface area (Å²) in [6.45, 7) is 7.36. The Labute approximate surface area is 192 Å². The molecule has 2 amide bonds. The van der Waals surface area contributed by atoms with E-state index in [2.05, 4.69) is 20.4 Å². The number of benzene rings is 1. The van der Waals surface area contributed by atoms with Crippen LogP contribution in [-0.4, -0.2) is 40.0 Å². The normalized spacial score (nSPS) is 16.5. The van der Waals surface area contributed by atoms with E-state index in [0.29, 0.717) is 35.1 Å². The van der Waals surface area contributed by atoms with Gasteiger partial charge in [0.25, 0.3) is 11.8 Å². The van der Waals surface area contributed by atoms with Crippen LogP contribution in [0.1, 0.15) is 49.8 Å². The maximum atomic E-state index is 13.0. The molecule has 2 aromatic heterocycles. The molecule has 9 nitrogen and oxygen atoms in total. The van der Waals surface area contributed by atoms with E-state index >= 15 is 0 Å². The highest BCUT2D eigenvalue weighted by atomic mass is 16.5. The maximum absolute atomic E-state index is 13.0. The van der Waals surface area contributed by atoms with Crippen molar-refractivity contribution in [3.05, 3.63) is 54.0 Å². The summed E-state index contributed by atoms with van der Waals surface area (Å²) in [6, 6.07) is 10.7. The van der Waals surface area contributed by atoms with Crippen molar-refractivity contribution in [3.8, 4) is 11.5 Å². The number of nitrogens with two attached hydrogens (primary N) is 1. The molecule has 1 saturated heterocycles. The Bertz CT molecular complexity index is 1150. The van der Waals surface area contributed by atoms with Crippen LogP contribution in [-0.2, 0) is 10.2 Å². The van der Waals surface area contributed by atoms with Gasteiger partial charge in [0, 0.05) is 18.5 Å². The molecule has 0 aliphatic carbocycles. The van der Waals surface area contributed by atoms with Crippen molar-refractivity contribution in [1.82, 2.24) is 15.1 Å². The number of piperidine rings is 1. The van der Waals surface area contributed by atoms with Gasteiger partial charge in [0.15, 0.2) is 5.82 Å². The van der Waals surface area contributed by atoms with E-state index in [1.807, 2.05) is 37.8 Å². The van der Waals surface area contributed by atoms with E-state index in [1.54, 1.807) is 30.5 Å². The van der Waals surface area contributed by atoms with Crippen LogP contribution in [0.2, 0.25) is 0 Å². The van der Waals surface area contributed by atoms with E-state index in [1.165, 1.54) is 0 Å². The van der Waals surface area contributed by atoms with Crippen LogP contribution >= 0.6 is 0 Å². The van der Waals surface area contributed by atoms with Crippen molar-refractivity contribution in [2.24, 2.45) is 11.7 Å². The average molecular weight is 449 g/mol. The Balaban J connectivity index is 1.49. The zero-order valence-corrected chi connectivity index (χ0v) is 19.0. The molecule has 4 rings (SSSR count). The second-order valence-corrected chi connectivity index (χ2v) is 9.27. The molecule has 172 valence electrons. The number of carbonyl (C=O) groups excluding carboxylic acids is 2. The molecule has 33 heavy (non-hydrogen) atoms. The van der Waals surface area contributed by atoms with Crippen LogP contribution < -0.4 is 16.0 Å². The summed E-state index contributed by atoms with van der Waals surface area (Å²) in [4.78, 5) is 35.6. The number of anilines is 2. The van der Waals surface area contributed by atoms with Crippen molar-refractivity contribution >= 4 is 23.3 Å². The molecule has 1 aliphatic rings. The van der Waals surface area contributed by atoms with Crippen molar-refractivity contribution in [2.75, 3.05) is 23.3 Å². The number of hydrogen-bond acceptors (Lipinski definition) is 7. The van der Waals surface area contributed by atoms with Crippen molar-refractivity contribution in [2.45, 2.75) is 39.0 Å². The number of pyridine rings is 1. The fraction of sp³-hybridized carbons (Fsp3) is 0.375. The van der Waals surface area contributed by atoms with Crippen LogP contribution in [0.15, 0.2) is 47.1 Å². The van der Waals surface area contributed by atoms with E-state index in [9.17, 15) is 9.59 Å². The van der Waals surface area contributed by atoms with Gasteiger partial charge in [-0.2, -0.15) is 4.98 Å². The quantitative estimate of drug-likeness (QED) is 0.612. The Morgan fingerprint density at radius 2 is 1.97 bits per heavy atom. The molecule has 0 bridgehead atoms. The van der Waals surface area contributed by atoms with Gasteiger partial charge in [0.2, 0.25) is 5.91 Å². The van der Waals surface area contributed by atoms with Gasteiger partial charge in [0.1, 0.15) is 5.82 Å². The minimum atomic E-state index is -0.303. The first-order valence-electron chi connectivity index (χ1n) is 11.0. The van der Waals surface area contributed by atoms with Crippen LogP contribution in [0.3, 0.4) is 0 Å². The van der Waals surface area contributed by atoms with Gasteiger partial charge in [-0.05, 0) is 37.1 Å². The summed E-state index contributed by atoms with van der Waals surface area (Å²) >= 11 is 0. The molecule has 3 heterocycles. The fourth-order valence-corrected chi connectivity index (χ4v) is 3.77. The number of nitrogens with zero attached hydrogens (tertiary/aromatic N) is 4. The van der Waals surface area contributed by atoms with Gasteiger partial charge in [0.05, 0.1) is 28.9 Å². The molecule has 1 unspecified atom stereocenters. The largest absolute Gasteiger partial charge is 0.369 e. The predicted molar refractivity (Wildman–Crippen MR) is 125 cm³/mol. The molecular formula is C24H28N6O3. The minimum absolute atomic E-state index is 0.167. The number of rotatable bonds is 5. The number of aromatic nitrogens is 3. The third kappa shape index (κ3) is 5.02. The lowest BCUT2D eigenvalue weighted by atomic mass is 9.96. The van der Waals surface area contributed by atoms with E-state index in [-0.39, 0.29) is 23.1 Å². The molecule has 1 aromatic carbocycles. The lowest BCUT2D eigenvalue weighted by Gasteiger charge is -2.32. The Morgan fingerprint density at radius 3 is 2.64 bits per heavy atom.